The first-order chi connectivity index (χ1) is 17.0. The van der Waals surface area contributed by atoms with Crippen LogP contribution < -0.4 is 9.47 Å². The molecule has 8 heteroatoms. The minimum Gasteiger partial charge on any atom is -0.454 e. The highest BCUT2D eigenvalue weighted by Crippen LogP contribution is 2.33. The van der Waals surface area contributed by atoms with E-state index in [4.69, 9.17) is 14.2 Å². The average Bonchev–Trinajstić information content (AvgIpc) is 3.35. The van der Waals surface area contributed by atoms with Crippen LogP contribution in [0.3, 0.4) is 0 Å². The number of fused-ring (bicyclic) bond motifs is 2. The van der Waals surface area contributed by atoms with E-state index in [0.717, 1.165) is 53.2 Å². The average molecular weight is 476 g/mol. The SMILES string of the molecule is CCc1nc2ccccc2c(C)c1C(=O)OCC(=O)N1CCN(Cc2ccc3c(c2)OCO3)CC1. The number of piperazine rings is 1. The minimum atomic E-state index is -0.493. The third kappa shape index (κ3) is 4.79. The largest absolute Gasteiger partial charge is 0.454 e. The molecule has 3 heterocycles. The molecule has 1 fully saturated rings. The highest BCUT2D eigenvalue weighted by atomic mass is 16.7. The van der Waals surface area contributed by atoms with E-state index in [1.54, 1.807) is 4.90 Å². The van der Waals surface area contributed by atoms with Gasteiger partial charge in [-0.05, 0) is 42.7 Å². The number of carbonyl (C=O) groups is 2. The lowest BCUT2D eigenvalue weighted by molar-refractivity contribution is -0.136. The van der Waals surface area contributed by atoms with E-state index in [1.165, 1.54) is 0 Å². The molecule has 2 aliphatic rings. The van der Waals surface area contributed by atoms with Crippen LogP contribution in [0.15, 0.2) is 42.5 Å². The fourth-order valence-electron chi connectivity index (χ4n) is 4.71. The van der Waals surface area contributed by atoms with Crippen molar-refractivity contribution in [2.45, 2.75) is 26.8 Å². The maximum Gasteiger partial charge on any atom is 0.340 e. The molecule has 0 unspecified atom stereocenters. The summed E-state index contributed by atoms with van der Waals surface area (Å²) in [5, 5.41) is 0.918. The van der Waals surface area contributed by atoms with Crippen molar-refractivity contribution in [3.05, 3.63) is 64.8 Å². The molecule has 1 saturated heterocycles. The quantitative estimate of drug-likeness (QED) is 0.506. The van der Waals surface area contributed by atoms with Gasteiger partial charge in [-0.25, -0.2) is 4.79 Å². The number of carbonyl (C=O) groups excluding carboxylic acids is 2. The van der Waals surface area contributed by atoms with Gasteiger partial charge >= 0.3 is 5.97 Å². The Labute approximate surface area is 204 Å². The monoisotopic (exact) mass is 475 g/mol. The van der Waals surface area contributed by atoms with Crippen molar-refractivity contribution in [2.75, 3.05) is 39.6 Å². The van der Waals surface area contributed by atoms with Crippen molar-refractivity contribution < 1.29 is 23.8 Å². The van der Waals surface area contributed by atoms with Crippen molar-refractivity contribution in [1.29, 1.82) is 0 Å². The zero-order chi connectivity index (χ0) is 24.4. The Balaban J connectivity index is 1.16. The van der Waals surface area contributed by atoms with Crippen LogP contribution in [0.2, 0.25) is 0 Å². The zero-order valence-electron chi connectivity index (χ0n) is 20.1. The maximum absolute atomic E-state index is 13.0. The van der Waals surface area contributed by atoms with E-state index in [-0.39, 0.29) is 19.3 Å². The molecule has 0 aliphatic carbocycles. The van der Waals surface area contributed by atoms with Crippen LogP contribution in [0.1, 0.15) is 34.1 Å². The van der Waals surface area contributed by atoms with Gasteiger partial charge in [0, 0.05) is 38.1 Å². The van der Waals surface area contributed by atoms with Crippen molar-refractivity contribution >= 4 is 22.8 Å². The number of aryl methyl sites for hydroxylation is 2. The number of hydrogen-bond acceptors (Lipinski definition) is 7. The topological polar surface area (TPSA) is 81.2 Å². The summed E-state index contributed by atoms with van der Waals surface area (Å²) in [6, 6.07) is 13.7. The Kier molecular flexibility index (Phi) is 6.55. The predicted molar refractivity (Wildman–Crippen MR) is 131 cm³/mol. The summed E-state index contributed by atoms with van der Waals surface area (Å²) in [5.74, 6) is 0.888. The van der Waals surface area contributed by atoms with Gasteiger partial charge < -0.3 is 19.1 Å². The lowest BCUT2D eigenvalue weighted by atomic mass is 10.0. The van der Waals surface area contributed by atoms with Crippen molar-refractivity contribution in [2.24, 2.45) is 0 Å². The second kappa shape index (κ2) is 9.92. The van der Waals surface area contributed by atoms with E-state index in [1.807, 2.05) is 56.3 Å². The Bertz CT molecular complexity index is 1270. The summed E-state index contributed by atoms with van der Waals surface area (Å²) < 4.78 is 16.3. The van der Waals surface area contributed by atoms with Crippen LogP contribution in [0.4, 0.5) is 0 Å². The van der Waals surface area contributed by atoms with Crippen molar-refractivity contribution in [3.63, 3.8) is 0 Å². The molecule has 0 bridgehead atoms. The Morgan fingerprint density at radius 3 is 2.60 bits per heavy atom. The highest BCUT2D eigenvalue weighted by molar-refractivity contribution is 5.99. The molecule has 0 saturated carbocycles. The molecule has 8 nitrogen and oxygen atoms in total. The molecule has 0 atom stereocenters. The van der Waals surface area contributed by atoms with Gasteiger partial charge in [-0.15, -0.1) is 0 Å². The highest BCUT2D eigenvalue weighted by Gasteiger charge is 2.25. The van der Waals surface area contributed by atoms with Gasteiger partial charge in [0.25, 0.3) is 5.91 Å². The zero-order valence-corrected chi connectivity index (χ0v) is 20.1. The molecule has 0 N–H and O–H groups in total. The second-order valence-corrected chi connectivity index (χ2v) is 8.85. The molecule has 1 amide bonds. The van der Waals surface area contributed by atoms with E-state index in [0.29, 0.717) is 30.8 Å². The standard InChI is InChI=1S/C27H29N3O5/c1-3-21-26(18(2)20-6-4-5-7-22(20)28-21)27(32)33-16-25(31)30-12-10-29(11-13-30)15-19-8-9-23-24(14-19)35-17-34-23/h4-9,14H,3,10-13,15-17H2,1-2H3. The number of aromatic nitrogens is 1. The fourth-order valence-corrected chi connectivity index (χ4v) is 4.71. The van der Waals surface area contributed by atoms with Crippen molar-refractivity contribution in [1.82, 2.24) is 14.8 Å². The first-order valence-corrected chi connectivity index (χ1v) is 12.0. The lowest BCUT2D eigenvalue weighted by Crippen LogP contribution is -2.49. The third-order valence-electron chi connectivity index (χ3n) is 6.66. The smallest absolute Gasteiger partial charge is 0.340 e. The normalized spacial score (nSPS) is 15.4. The molecule has 2 aliphatic heterocycles. The van der Waals surface area contributed by atoms with Crippen molar-refractivity contribution in [3.8, 4) is 11.5 Å². The van der Waals surface area contributed by atoms with E-state index in [9.17, 15) is 9.59 Å². The molecular weight excluding hydrogens is 446 g/mol. The summed E-state index contributed by atoms with van der Waals surface area (Å²) >= 11 is 0. The van der Waals surface area contributed by atoms with E-state index in [2.05, 4.69) is 9.88 Å². The minimum absolute atomic E-state index is 0.175. The third-order valence-corrected chi connectivity index (χ3v) is 6.66. The number of para-hydroxylation sites is 1. The van der Waals surface area contributed by atoms with Gasteiger partial charge in [0.05, 0.1) is 16.8 Å². The summed E-state index contributed by atoms with van der Waals surface area (Å²) in [4.78, 5) is 34.4. The van der Waals surface area contributed by atoms with Crippen LogP contribution in [-0.2, 0) is 22.5 Å². The molecule has 35 heavy (non-hydrogen) atoms. The van der Waals surface area contributed by atoms with Crippen LogP contribution in [0.25, 0.3) is 10.9 Å². The maximum atomic E-state index is 13.0. The summed E-state index contributed by atoms with van der Waals surface area (Å²) in [6.45, 7) is 7.33. The van der Waals surface area contributed by atoms with Gasteiger partial charge in [-0.1, -0.05) is 31.2 Å². The lowest BCUT2D eigenvalue weighted by Gasteiger charge is -2.34. The predicted octanol–water partition coefficient (Wildman–Crippen LogP) is 3.34. The molecule has 182 valence electrons. The molecule has 5 rings (SSSR count). The Morgan fingerprint density at radius 1 is 1.03 bits per heavy atom. The first kappa shape index (κ1) is 23.1. The summed E-state index contributed by atoms with van der Waals surface area (Å²) in [5.41, 5.74) is 3.99. The number of benzene rings is 2. The van der Waals surface area contributed by atoms with Crippen LogP contribution in [0, 0.1) is 6.92 Å². The molecule has 2 aromatic carbocycles. The number of rotatable bonds is 6. The number of hydrogen-bond donors (Lipinski definition) is 0. The molecule has 0 spiro atoms. The van der Waals surface area contributed by atoms with Crippen LogP contribution >= 0.6 is 0 Å². The summed E-state index contributed by atoms with van der Waals surface area (Å²) in [6.07, 6.45) is 0.607. The Morgan fingerprint density at radius 2 is 1.80 bits per heavy atom. The van der Waals surface area contributed by atoms with Crippen LogP contribution in [-0.4, -0.2) is 66.2 Å². The Hall–Kier alpha value is -3.65. The molecule has 3 aromatic rings. The second-order valence-electron chi connectivity index (χ2n) is 8.85. The number of amides is 1. The molecular formula is C27H29N3O5. The van der Waals surface area contributed by atoms with Gasteiger partial charge in [0.2, 0.25) is 6.79 Å². The van der Waals surface area contributed by atoms with Gasteiger partial charge in [-0.2, -0.15) is 0 Å². The van der Waals surface area contributed by atoms with Gasteiger partial charge in [0.1, 0.15) is 0 Å². The van der Waals surface area contributed by atoms with Gasteiger partial charge in [0.15, 0.2) is 18.1 Å². The van der Waals surface area contributed by atoms with Crippen LogP contribution in [0.5, 0.6) is 11.5 Å². The number of ether oxygens (including phenoxy) is 3. The molecule has 0 radical (unpaired) electrons. The van der Waals surface area contributed by atoms with Gasteiger partial charge in [-0.3, -0.25) is 14.7 Å². The number of esters is 1. The van der Waals surface area contributed by atoms with E-state index < -0.39 is 5.97 Å². The number of nitrogens with zero attached hydrogens (tertiary/aromatic N) is 3. The number of pyridine rings is 1. The summed E-state index contributed by atoms with van der Waals surface area (Å²) in [7, 11) is 0. The molecule has 1 aromatic heterocycles. The first-order valence-electron chi connectivity index (χ1n) is 12.0. The van der Waals surface area contributed by atoms with E-state index >= 15 is 0 Å². The fraction of sp³-hybridized carbons (Fsp3) is 0.370.